The van der Waals surface area contributed by atoms with E-state index >= 15 is 0 Å². The third kappa shape index (κ3) is 3.88. The zero-order valence-corrected chi connectivity index (χ0v) is 12.6. The van der Waals surface area contributed by atoms with E-state index in [4.69, 9.17) is 0 Å². The summed E-state index contributed by atoms with van der Waals surface area (Å²) in [4.78, 5) is 0. The Labute approximate surface area is 121 Å². The predicted molar refractivity (Wildman–Crippen MR) is 77.5 cm³/mol. The van der Waals surface area contributed by atoms with Gasteiger partial charge in [0.25, 0.3) is 0 Å². The second-order valence-electron chi connectivity index (χ2n) is 4.63. The van der Waals surface area contributed by atoms with Crippen LogP contribution in [0.2, 0.25) is 0 Å². The lowest BCUT2D eigenvalue weighted by molar-refractivity contribution is 0.506. The molecule has 0 bridgehead atoms. The lowest BCUT2D eigenvalue weighted by Gasteiger charge is -2.14. The van der Waals surface area contributed by atoms with Gasteiger partial charge in [-0.25, -0.2) is 4.39 Å². The SMILES string of the molecule is Cc1cnn(CCNC(C)c2ccc(F)c(Br)c2)c1. The van der Waals surface area contributed by atoms with Crippen LogP contribution in [0.1, 0.15) is 24.1 Å². The Morgan fingerprint density at radius 3 is 2.89 bits per heavy atom. The number of hydrogen-bond donors (Lipinski definition) is 1. The van der Waals surface area contributed by atoms with Crippen LogP contribution >= 0.6 is 15.9 Å². The van der Waals surface area contributed by atoms with Crippen molar-refractivity contribution in [2.24, 2.45) is 0 Å². The molecule has 102 valence electrons. The van der Waals surface area contributed by atoms with Crippen molar-refractivity contribution in [2.75, 3.05) is 6.54 Å². The average Bonchev–Trinajstić information content (AvgIpc) is 2.78. The minimum atomic E-state index is -0.233. The fourth-order valence-electron chi connectivity index (χ4n) is 1.88. The van der Waals surface area contributed by atoms with Gasteiger partial charge in [-0.15, -0.1) is 0 Å². The van der Waals surface area contributed by atoms with Crippen LogP contribution in [-0.4, -0.2) is 16.3 Å². The van der Waals surface area contributed by atoms with Gasteiger partial charge in [0.15, 0.2) is 0 Å². The summed E-state index contributed by atoms with van der Waals surface area (Å²) >= 11 is 3.21. The quantitative estimate of drug-likeness (QED) is 0.912. The van der Waals surface area contributed by atoms with Crippen molar-refractivity contribution in [3.63, 3.8) is 0 Å². The van der Waals surface area contributed by atoms with Crippen LogP contribution < -0.4 is 5.32 Å². The van der Waals surface area contributed by atoms with E-state index in [1.807, 2.05) is 30.1 Å². The molecular formula is C14H17BrFN3. The van der Waals surface area contributed by atoms with Gasteiger partial charge in [0, 0.05) is 18.8 Å². The Morgan fingerprint density at radius 1 is 1.47 bits per heavy atom. The van der Waals surface area contributed by atoms with Crippen LogP contribution in [-0.2, 0) is 6.54 Å². The summed E-state index contributed by atoms with van der Waals surface area (Å²) in [6, 6.07) is 5.27. The standard InChI is InChI=1S/C14H17BrFN3/c1-10-8-18-19(9-10)6-5-17-11(2)12-3-4-14(16)13(15)7-12/h3-4,7-9,11,17H,5-6H2,1-2H3. The molecule has 0 saturated carbocycles. The van der Waals surface area contributed by atoms with Crippen molar-refractivity contribution in [3.8, 4) is 0 Å². The first-order chi connectivity index (χ1) is 9.06. The van der Waals surface area contributed by atoms with Crippen molar-refractivity contribution in [1.82, 2.24) is 15.1 Å². The molecule has 1 aromatic carbocycles. The highest BCUT2D eigenvalue weighted by Crippen LogP contribution is 2.21. The van der Waals surface area contributed by atoms with Gasteiger partial charge in [-0.3, -0.25) is 4.68 Å². The number of rotatable bonds is 5. The summed E-state index contributed by atoms with van der Waals surface area (Å²) < 4.78 is 15.6. The topological polar surface area (TPSA) is 29.9 Å². The lowest BCUT2D eigenvalue weighted by Crippen LogP contribution is -2.23. The van der Waals surface area contributed by atoms with Gasteiger partial charge in [-0.2, -0.15) is 5.10 Å². The van der Waals surface area contributed by atoms with Crippen molar-refractivity contribution < 1.29 is 4.39 Å². The van der Waals surface area contributed by atoms with E-state index in [0.29, 0.717) is 4.47 Å². The largest absolute Gasteiger partial charge is 0.308 e. The molecule has 0 radical (unpaired) electrons. The van der Waals surface area contributed by atoms with Gasteiger partial charge in [-0.05, 0) is 53.0 Å². The summed E-state index contributed by atoms with van der Waals surface area (Å²) in [5, 5.41) is 7.63. The first kappa shape index (κ1) is 14.2. The van der Waals surface area contributed by atoms with E-state index in [2.05, 4.69) is 33.3 Å². The maximum absolute atomic E-state index is 13.2. The normalized spacial score (nSPS) is 12.6. The van der Waals surface area contributed by atoms with Crippen LogP contribution in [0, 0.1) is 12.7 Å². The molecule has 0 spiro atoms. The molecule has 0 aliphatic heterocycles. The van der Waals surface area contributed by atoms with E-state index in [1.54, 1.807) is 6.07 Å². The van der Waals surface area contributed by atoms with Crippen LogP contribution in [0.25, 0.3) is 0 Å². The highest BCUT2D eigenvalue weighted by Gasteiger charge is 2.07. The van der Waals surface area contributed by atoms with E-state index < -0.39 is 0 Å². The number of benzene rings is 1. The molecule has 1 aromatic heterocycles. The van der Waals surface area contributed by atoms with Gasteiger partial charge in [0.05, 0.1) is 17.2 Å². The Balaban J connectivity index is 1.86. The molecule has 5 heteroatoms. The number of nitrogens with one attached hydrogen (secondary N) is 1. The van der Waals surface area contributed by atoms with Gasteiger partial charge in [0.1, 0.15) is 5.82 Å². The molecule has 0 saturated heterocycles. The first-order valence-electron chi connectivity index (χ1n) is 6.23. The Hall–Kier alpha value is -1.20. The number of halogens is 2. The summed E-state index contributed by atoms with van der Waals surface area (Å²) in [6.07, 6.45) is 3.86. The smallest absolute Gasteiger partial charge is 0.137 e. The molecule has 0 aliphatic rings. The molecular weight excluding hydrogens is 309 g/mol. The Morgan fingerprint density at radius 2 is 2.26 bits per heavy atom. The van der Waals surface area contributed by atoms with Gasteiger partial charge in [0.2, 0.25) is 0 Å². The monoisotopic (exact) mass is 325 g/mol. The second-order valence-corrected chi connectivity index (χ2v) is 5.48. The minimum absolute atomic E-state index is 0.175. The predicted octanol–water partition coefficient (Wildman–Crippen LogP) is 3.44. The molecule has 0 amide bonds. The Kier molecular flexibility index (Phi) is 4.71. The van der Waals surface area contributed by atoms with Crippen LogP contribution in [0.3, 0.4) is 0 Å². The van der Waals surface area contributed by atoms with E-state index in [9.17, 15) is 4.39 Å². The minimum Gasteiger partial charge on any atom is -0.308 e. The fraction of sp³-hybridized carbons (Fsp3) is 0.357. The summed E-state index contributed by atoms with van der Waals surface area (Å²) in [6.45, 7) is 5.72. The molecule has 2 aromatic rings. The summed E-state index contributed by atoms with van der Waals surface area (Å²) in [7, 11) is 0. The number of aryl methyl sites for hydroxylation is 1. The fourth-order valence-corrected chi connectivity index (χ4v) is 2.28. The van der Waals surface area contributed by atoms with Gasteiger partial charge < -0.3 is 5.32 Å². The molecule has 1 N–H and O–H groups in total. The van der Waals surface area contributed by atoms with E-state index in [0.717, 1.165) is 24.2 Å². The van der Waals surface area contributed by atoms with E-state index in [1.165, 1.54) is 6.07 Å². The number of nitrogens with zero attached hydrogens (tertiary/aromatic N) is 2. The van der Waals surface area contributed by atoms with E-state index in [-0.39, 0.29) is 11.9 Å². The van der Waals surface area contributed by atoms with Crippen molar-refractivity contribution >= 4 is 15.9 Å². The molecule has 2 rings (SSSR count). The third-order valence-corrected chi connectivity index (χ3v) is 3.61. The average molecular weight is 326 g/mol. The van der Waals surface area contributed by atoms with Crippen molar-refractivity contribution in [3.05, 3.63) is 52.0 Å². The second kappa shape index (κ2) is 6.30. The zero-order chi connectivity index (χ0) is 13.8. The molecule has 1 heterocycles. The molecule has 3 nitrogen and oxygen atoms in total. The maximum Gasteiger partial charge on any atom is 0.137 e. The maximum atomic E-state index is 13.2. The van der Waals surface area contributed by atoms with Crippen LogP contribution in [0.5, 0.6) is 0 Å². The van der Waals surface area contributed by atoms with Crippen LogP contribution in [0.4, 0.5) is 4.39 Å². The number of aromatic nitrogens is 2. The highest BCUT2D eigenvalue weighted by molar-refractivity contribution is 9.10. The van der Waals surface area contributed by atoms with Gasteiger partial charge in [-0.1, -0.05) is 6.07 Å². The molecule has 0 fully saturated rings. The lowest BCUT2D eigenvalue weighted by atomic mass is 10.1. The van der Waals surface area contributed by atoms with Crippen molar-refractivity contribution in [1.29, 1.82) is 0 Å². The third-order valence-electron chi connectivity index (χ3n) is 3.00. The summed E-state index contributed by atoms with van der Waals surface area (Å²) in [5.74, 6) is -0.233. The van der Waals surface area contributed by atoms with Gasteiger partial charge >= 0.3 is 0 Å². The summed E-state index contributed by atoms with van der Waals surface area (Å²) in [5.41, 5.74) is 2.22. The Bertz CT molecular complexity index is 553. The van der Waals surface area contributed by atoms with Crippen LogP contribution in [0.15, 0.2) is 35.1 Å². The first-order valence-corrected chi connectivity index (χ1v) is 7.03. The van der Waals surface area contributed by atoms with Crippen molar-refractivity contribution in [2.45, 2.75) is 26.4 Å². The zero-order valence-electron chi connectivity index (χ0n) is 11.0. The molecule has 1 atom stereocenters. The molecule has 19 heavy (non-hydrogen) atoms. The number of hydrogen-bond acceptors (Lipinski definition) is 2. The molecule has 0 aliphatic carbocycles. The highest BCUT2D eigenvalue weighted by atomic mass is 79.9. The molecule has 1 unspecified atom stereocenters.